The van der Waals surface area contributed by atoms with Crippen molar-refractivity contribution in [1.82, 2.24) is 20.5 Å². The van der Waals surface area contributed by atoms with Crippen molar-refractivity contribution >= 4 is 28.5 Å². The molecule has 4 aromatic rings. The van der Waals surface area contributed by atoms with Crippen molar-refractivity contribution in [1.29, 1.82) is 0 Å². The summed E-state index contributed by atoms with van der Waals surface area (Å²) < 4.78 is 26.5. The standard InChI is InChI=1S/C22H19F2N5O2/c1-12(26-21(30)8-13-6-14(23)9-15(24)7-13)22(31)27-20-10-19(28-29-20)17-11-25-18-5-3-2-4-16(17)18/h2-7,9-12,25H,8H2,1H3,(H,26,30)(H2,27,28,29,31). The fourth-order valence-electron chi connectivity index (χ4n) is 3.30. The van der Waals surface area contributed by atoms with Crippen molar-refractivity contribution < 1.29 is 18.4 Å². The molecule has 0 saturated heterocycles. The molecule has 0 fully saturated rings. The maximum atomic E-state index is 13.3. The summed E-state index contributed by atoms with van der Waals surface area (Å²) in [5.41, 5.74) is 2.69. The van der Waals surface area contributed by atoms with E-state index in [0.29, 0.717) is 11.5 Å². The molecule has 0 bridgehead atoms. The number of fused-ring (bicyclic) bond motifs is 1. The van der Waals surface area contributed by atoms with Gasteiger partial charge in [-0.2, -0.15) is 5.10 Å². The van der Waals surface area contributed by atoms with Crippen LogP contribution in [0.2, 0.25) is 0 Å². The van der Waals surface area contributed by atoms with Gasteiger partial charge in [0, 0.05) is 34.8 Å². The van der Waals surface area contributed by atoms with Crippen LogP contribution in [-0.4, -0.2) is 33.0 Å². The number of amides is 2. The first-order valence-electron chi connectivity index (χ1n) is 9.56. The molecule has 0 aliphatic heterocycles. The fourth-order valence-corrected chi connectivity index (χ4v) is 3.30. The summed E-state index contributed by atoms with van der Waals surface area (Å²) in [6, 6.07) is 11.5. The number of nitrogens with zero attached hydrogens (tertiary/aromatic N) is 1. The van der Waals surface area contributed by atoms with Gasteiger partial charge in [0.25, 0.3) is 0 Å². The van der Waals surface area contributed by atoms with Crippen LogP contribution >= 0.6 is 0 Å². The number of aromatic nitrogens is 3. The minimum absolute atomic E-state index is 0.180. The molecular formula is C22H19F2N5O2. The molecule has 2 amide bonds. The number of benzene rings is 2. The van der Waals surface area contributed by atoms with E-state index in [1.54, 1.807) is 6.07 Å². The minimum Gasteiger partial charge on any atom is -0.360 e. The second-order valence-electron chi connectivity index (χ2n) is 7.15. The second kappa shape index (κ2) is 8.39. The van der Waals surface area contributed by atoms with Crippen LogP contribution < -0.4 is 10.6 Å². The summed E-state index contributed by atoms with van der Waals surface area (Å²) >= 11 is 0. The van der Waals surface area contributed by atoms with Crippen molar-refractivity contribution in [2.75, 3.05) is 5.32 Å². The van der Waals surface area contributed by atoms with Crippen LogP contribution in [0, 0.1) is 11.6 Å². The summed E-state index contributed by atoms with van der Waals surface area (Å²) in [4.78, 5) is 27.7. The largest absolute Gasteiger partial charge is 0.360 e. The summed E-state index contributed by atoms with van der Waals surface area (Å²) in [5, 5.41) is 13.2. The van der Waals surface area contributed by atoms with Gasteiger partial charge < -0.3 is 15.6 Å². The molecule has 2 aromatic heterocycles. The molecule has 1 unspecified atom stereocenters. The van der Waals surface area contributed by atoms with E-state index in [1.807, 2.05) is 30.5 Å². The average molecular weight is 423 g/mol. The van der Waals surface area contributed by atoms with Crippen LogP contribution in [0.3, 0.4) is 0 Å². The molecular weight excluding hydrogens is 404 g/mol. The maximum absolute atomic E-state index is 13.3. The molecule has 9 heteroatoms. The lowest BCUT2D eigenvalue weighted by Gasteiger charge is -2.13. The Labute approximate surface area is 175 Å². The second-order valence-corrected chi connectivity index (χ2v) is 7.15. The number of H-pyrrole nitrogens is 2. The molecule has 1 atom stereocenters. The number of halogens is 2. The van der Waals surface area contributed by atoms with Gasteiger partial charge in [-0.15, -0.1) is 0 Å². The zero-order valence-corrected chi connectivity index (χ0v) is 16.5. The zero-order chi connectivity index (χ0) is 22.0. The van der Waals surface area contributed by atoms with Gasteiger partial charge in [0.05, 0.1) is 12.1 Å². The lowest BCUT2D eigenvalue weighted by molar-refractivity contribution is -0.125. The Morgan fingerprint density at radius 2 is 1.84 bits per heavy atom. The van der Waals surface area contributed by atoms with E-state index in [9.17, 15) is 18.4 Å². The maximum Gasteiger partial charge on any atom is 0.247 e. The van der Waals surface area contributed by atoms with E-state index in [2.05, 4.69) is 25.8 Å². The van der Waals surface area contributed by atoms with Crippen LogP contribution in [0.5, 0.6) is 0 Å². The Balaban J connectivity index is 1.37. The van der Waals surface area contributed by atoms with E-state index < -0.39 is 29.5 Å². The molecule has 4 N–H and O–H groups in total. The summed E-state index contributed by atoms with van der Waals surface area (Å²) in [6.45, 7) is 1.51. The number of nitrogens with one attached hydrogen (secondary N) is 4. The van der Waals surface area contributed by atoms with Crippen LogP contribution in [0.4, 0.5) is 14.6 Å². The van der Waals surface area contributed by atoms with Gasteiger partial charge in [-0.25, -0.2) is 8.78 Å². The molecule has 0 radical (unpaired) electrons. The van der Waals surface area contributed by atoms with Gasteiger partial charge in [0.15, 0.2) is 0 Å². The Morgan fingerprint density at radius 1 is 1.10 bits per heavy atom. The zero-order valence-electron chi connectivity index (χ0n) is 16.5. The van der Waals surface area contributed by atoms with Gasteiger partial charge in [0.1, 0.15) is 23.5 Å². The van der Waals surface area contributed by atoms with Crippen LogP contribution in [0.15, 0.2) is 54.7 Å². The van der Waals surface area contributed by atoms with E-state index >= 15 is 0 Å². The van der Waals surface area contributed by atoms with E-state index in [-0.39, 0.29) is 12.0 Å². The summed E-state index contributed by atoms with van der Waals surface area (Å²) in [5.74, 6) is -2.15. The fraction of sp³-hybridized carbons (Fsp3) is 0.136. The van der Waals surface area contributed by atoms with Gasteiger partial charge >= 0.3 is 0 Å². The number of hydrogen-bond acceptors (Lipinski definition) is 3. The summed E-state index contributed by atoms with van der Waals surface area (Å²) in [6.07, 6.45) is 1.59. The molecule has 0 aliphatic carbocycles. The molecule has 158 valence electrons. The predicted octanol–water partition coefficient (Wildman–Crippen LogP) is 3.52. The number of carbonyl (C=O) groups is 2. The van der Waals surface area contributed by atoms with E-state index in [4.69, 9.17) is 0 Å². The van der Waals surface area contributed by atoms with Crippen LogP contribution in [0.25, 0.3) is 22.2 Å². The van der Waals surface area contributed by atoms with Gasteiger partial charge in [0.2, 0.25) is 11.8 Å². The Bertz CT molecular complexity index is 1240. The highest BCUT2D eigenvalue weighted by molar-refractivity contribution is 5.98. The third kappa shape index (κ3) is 4.61. The molecule has 0 saturated carbocycles. The van der Waals surface area contributed by atoms with Crippen molar-refractivity contribution in [3.63, 3.8) is 0 Å². The Hall–Kier alpha value is -4.01. The van der Waals surface area contributed by atoms with Gasteiger partial charge in [-0.1, -0.05) is 18.2 Å². The molecule has 2 heterocycles. The van der Waals surface area contributed by atoms with Crippen molar-refractivity contribution in [3.8, 4) is 11.3 Å². The summed E-state index contributed by atoms with van der Waals surface area (Å²) in [7, 11) is 0. The smallest absolute Gasteiger partial charge is 0.247 e. The minimum atomic E-state index is -0.870. The first-order chi connectivity index (χ1) is 14.9. The first kappa shape index (κ1) is 20.3. The monoisotopic (exact) mass is 423 g/mol. The van der Waals surface area contributed by atoms with Crippen molar-refractivity contribution in [2.45, 2.75) is 19.4 Å². The van der Waals surface area contributed by atoms with Crippen molar-refractivity contribution in [2.24, 2.45) is 0 Å². The lowest BCUT2D eigenvalue weighted by Crippen LogP contribution is -2.42. The topological polar surface area (TPSA) is 103 Å². The number of rotatable bonds is 6. The van der Waals surface area contributed by atoms with Gasteiger partial charge in [-0.05, 0) is 30.7 Å². The molecule has 7 nitrogen and oxygen atoms in total. The Morgan fingerprint density at radius 3 is 2.61 bits per heavy atom. The molecule has 0 spiro atoms. The highest BCUT2D eigenvalue weighted by atomic mass is 19.1. The number of carbonyl (C=O) groups excluding carboxylic acids is 2. The number of para-hydroxylation sites is 1. The first-order valence-corrected chi connectivity index (χ1v) is 9.56. The number of anilines is 1. The van der Waals surface area contributed by atoms with E-state index in [0.717, 1.165) is 34.7 Å². The number of aromatic amines is 2. The SMILES string of the molecule is CC(NC(=O)Cc1cc(F)cc(F)c1)C(=O)Nc1cc(-c2c[nH]c3ccccc23)n[nH]1. The van der Waals surface area contributed by atoms with E-state index in [1.165, 1.54) is 6.92 Å². The average Bonchev–Trinajstić information content (AvgIpc) is 3.33. The number of hydrogen-bond donors (Lipinski definition) is 4. The van der Waals surface area contributed by atoms with Crippen LogP contribution in [-0.2, 0) is 16.0 Å². The predicted molar refractivity (Wildman–Crippen MR) is 112 cm³/mol. The highest BCUT2D eigenvalue weighted by Gasteiger charge is 2.18. The van der Waals surface area contributed by atoms with Crippen molar-refractivity contribution in [3.05, 3.63) is 71.9 Å². The molecule has 2 aromatic carbocycles. The Kier molecular flexibility index (Phi) is 5.48. The normalized spacial score (nSPS) is 12.0. The highest BCUT2D eigenvalue weighted by Crippen LogP contribution is 2.28. The third-order valence-electron chi connectivity index (χ3n) is 4.76. The van der Waals surface area contributed by atoms with Gasteiger partial charge in [-0.3, -0.25) is 14.7 Å². The van der Waals surface area contributed by atoms with Crippen LogP contribution in [0.1, 0.15) is 12.5 Å². The molecule has 0 aliphatic rings. The third-order valence-corrected chi connectivity index (χ3v) is 4.76. The molecule has 31 heavy (non-hydrogen) atoms. The lowest BCUT2D eigenvalue weighted by atomic mass is 10.1. The molecule has 4 rings (SSSR count). The quantitative estimate of drug-likeness (QED) is 0.382.